The van der Waals surface area contributed by atoms with E-state index >= 15 is 0 Å². The SMILES string of the molecule is Cc1cc(C)nc(Nc2ccc(Nc3cc(C)c4c(C)nn(-c5ccccc5)c4n3)cc2)n1. The third-order valence-corrected chi connectivity index (χ3v) is 5.41. The Morgan fingerprint density at radius 3 is 2.00 bits per heavy atom. The van der Waals surface area contributed by atoms with Crippen LogP contribution in [0.25, 0.3) is 16.7 Å². The highest BCUT2D eigenvalue weighted by Gasteiger charge is 2.14. The smallest absolute Gasteiger partial charge is 0.227 e. The predicted molar refractivity (Wildman–Crippen MR) is 133 cm³/mol. The second-order valence-corrected chi connectivity index (χ2v) is 8.16. The normalized spacial score (nSPS) is 11.0. The third kappa shape index (κ3) is 4.25. The number of rotatable bonds is 5. The largest absolute Gasteiger partial charge is 0.340 e. The first-order valence-corrected chi connectivity index (χ1v) is 10.8. The number of para-hydroxylation sites is 1. The van der Waals surface area contributed by atoms with E-state index < -0.39 is 0 Å². The molecule has 0 saturated heterocycles. The first kappa shape index (κ1) is 20.6. The van der Waals surface area contributed by atoms with Crippen molar-refractivity contribution in [1.29, 1.82) is 0 Å². The molecule has 3 heterocycles. The Morgan fingerprint density at radius 2 is 1.33 bits per heavy atom. The van der Waals surface area contributed by atoms with Crippen LogP contribution in [0.1, 0.15) is 22.6 Å². The molecule has 2 aromatic carbocycles. The molecule has 5 rings (SSSR count). The molecule has 7 heteroatoms. The lowest BCUT2D eigenvalue weighted by atomic mass is 10.1. The molecule has 0 saturated carbocycles. The van der Waals surface area contributed by atoms with Crippen LogP contribution in [0.5, 0.6) is 0 Å². The molecular weight excluding hydrogens is 410 g/mol. The topological polar surface area (TPSA) is 80.5 Å². The van der Waals surface area contributed by atoms with Crippen molar-refractivity contribution in [3.63, 3.8) is 0 Å². The van der Waals surface area contributed by atoms with Crippen LogP contribution in [0.3, 0.4) is 0 Å². The Labute approximate surface area is 192 Å². The zero-order chi connectivity index (χ0) is 22.9. The van der Waals surface area contributed by atoms with Crippen LogP contribution in [0.4, 0.5) is 23.1 Å². The van der Waals surface area contributed by atoms with Crippen LogP contribution >= 0.6 is 0 Å². The molecule has 0 aliphatic rings. The Kier molecular flexibility index (Phi) is 5.22. The summed E-state index contributed by atoms with van der Waals surface area (Å²) in [6, 6.07) is 22.1. The number of nitrogens with one attached hydrogen (secondary N) is 2. The van der Waals surface area contributed by atoms with Gasteiger partial charge >= 0.3 is 0 Å². The van der Waals surface area contributed by atoms with Crippen LogP contribution in [0.15, 0.2) is 66.7 Å². The van der Waals surface area contributed by atoms with Crippen LogP contribution < -0.4 is 10.6 Å². The van der Waals surface area contributed by atoms with Gasteiger partial charge in [0.25, 0.3) is 0 Å². The number of anilines is 4. The van der Waals surface area contributed by atoms with Crippen molar-refractivity contribution in [3.05, 3.63) is 89.4 Å². The molecule has 0 atom stereocenters. The maximum atomic E-state index is 4.89. The quantitative estimate of drug-likeness (QED) is 0.356. The summed E-state index contributed by atoms with van der Waals surface area (Å²) in [6.07, 6.45) is 0. The molecule has 2 N–H and O–H groups in total. The molecule has 0 fully saturated rings. The van der Waals surface area contributed by atoms with Gasteiger partial charge in [0.2, 0.25) is 5.95 Å². The van der Waals surface area contributed by atoms with E-state index in [2.05, 4.69) is 33.6 Å². The van der Waals surface area contributed by atoms with Crippen LogP contribution in [-0.2, 0) is 0 Å². The van der Waals surface area contributed by atoms with Gasteiger partial charge in [0.1, 0.15) is 5.82 Å². The molecule has 164 valence electrons. The van der Waals surface area contributed by atoms with Crippen LogP contribution in [0, 0.1) is 27.7 Å². The first-order chi connectivity index (χ1) is 16.0. The van der Waals surface area contributed by atoms with Gasteiger partial charge in [-0.25, -0.2) is 19.6 Å². The molecule has 0 bridgehead atoms. The van der Waals surface area contributed by atoms with Gasteiger partial charge in [0, 0.05) is 28.1 Å². The number of benzene rings is 2. The Balaban J connectivity index is 1.42. The number of hydrogen-bond acceptors (Lipinski definition) is 6. The molecule has 0 unspecified atom stereocenters. The predicted octanol–water partition coefficient (Wildman–Crippen LogP) is 5.93. The fourth-order valence-electron chi connectivity index (χ4n) is 4.01. The molecule has 0 aliphatic carbocycles. The number of aromatic nitrogens is 5. The van der Waals surface area contributed by atoms with Gasteiger partial charge in [-0.2, -0.15) is 5.10 Å². The maximum absolute atomic E-state index is 4.89. The highest BCUT2D eigenvalue weighted by atomic mass is 15.3. The average Bonchev–Trinajstić information content (AvgIpc) is 3.12. The Bertz CT molecular complexity index is 1420. The Hall–Kier alpha value is -4.26. The summed E-state index contributed by atoms with van der Waals surface area (Å²) in [5.74, 6) is 1.37. The molecule has 7 nitrogen and oxygen atoms in total. The molecule has 0 amide bonds. The van der Waals surface area contributed by atoms with Gasteiger partial charge in [-0.05, 0) is 81.8 Å². The van der Waals surface area contributed by atoms with Gasteiger partial charge in [-0.3, -0.25) is 0 Å². The number of hydrogen-bond donors (Lipinski definition) is 2. The van der Waals surface area contributed by atoms with E-state index in [9.17, 15) is 0 Å². The van der Waals surface area contributed by atoms with E-state index in [-0.39, 0.29) is 0 Å². The second kappa shape index (κ2) is 8.35. The van der Waals surface area contributed by atoms with Crippen molar-refractivity contribution < 1.29 is 0 Å². The fraction of sp³-hybridized carbons (Fsp3) is 0.154. The Morgan fingerprint density at radius 1 is 0.697 bits per heavy atom. The summed E-state index contributed by atoms with van der Waals surface area (Å²) >= 11 is 0. The molecule has 0 aliphatic heterocycles. The summed E-state index contributed by atoms with van der Waals surface area (Å²) in [6.45, 7) is 8.04. The highest BCUT2D eigenvalue weighted by molar-refractivity contribution is 5.85. The third-order valence-electron chi connectivity index (χ3n) is 5.41. The highest BCUT2D eigenvalue weighted by Crippen LogP contribution is 2.27. The minimum atomic E-state index is 0.598. The standard InChI is InChI=1S/C26H25N7/c1-16-14-23(31-25-24(16)19(4)32-33(25)22-8-6-5-7-9-22)29-20-10-12-21(13-11-20)30-26-27-17(2)15-18(3)28-26/h5-15H,1-4H3,(H,29,31)(H,27,28,30). The van der Waals surface area contributed by atoms with Gasteiger partial charge in [0.15, 0.2) is 5.65 Å². The van der Waals surface area contributed by atoms with Crippen LogP contribution in [0.2, 0.25) is 0 Å². The average molecular weight is 436 g/mol. The number of fused-ring (bicyclic) bond motifs is 1. The summed E-state index contributed by atoms with van der Waals surface area (Å²) in [5, 5.41) is 12.5. The van der Waals surface area contributed by atoms with Crippen molar-refractivity contribution in [1.82, 2.24) is 24.7 Å². The number of pyridine rings is 1. The van der Waals surface area contributed by atoms with E-state index in [4.69, 9.17) is 10.1 Å². The van der Waals surface area contributed by atoms with Crippen LogP contribution in [-0.4, -0.2) is 24.7 Å². The van der Waals surface area contributed by atoms with Crippen molar-refractivity contribution in [2.75, 3.05) is 10.6 Å². The molecule has 33 heavy (non-hydrogen) atoms. The van der Waals surface area contributed by atoms with E-state index in [0.29, 0.717) is 5.95 Å². The summed E-state index contributed by atoms with van der Waals surface area (Å²) in [7, 11) is 0. The van der Waals surface area contributed by atoms with E-state index in [0.717, 1.165) is 56.6 Å². The van der Waals surface area contributed by atoms with Crippen molar-refractivity contribution in [2.24, 2.45) is 0 Å². The van der Waals surface area contributed by atoms with Crippen molar-refractivity contribution in [3.8, 4) is 5.69 Å². The lowest BCUT2D eigenvalue weighted by Gasteiger charge is -2.10. The fourth-order valence-corrected chi connectivity index (χ4v) is 4.01. The molecule has 3 aromatic heterocycles. The maximum Gasteiger partial charge on any atom is 0.227 e. The number of aryl methyl sites for hydroxylation is 4. The van der Waals surface area contributed by atoms with Gasteiger partial charge < -0.3 is 10.6 Å². The molecule has 5 aromatic rings. The zero-order valence-electron chi connectivity index (χ0n) is 19.1. The van der Waals surface area contributed by atoms with Gasteiger partial charge in [0.05, 0.1) is 11.4 Å². The molecular formula is C26H25N7. The zero-order valence-corrected chi connectivity index (χ0v) is 19.1. The minimum Gasteiger partial charge on any atom is -0.340 e. The molecule has 0 spiro atoms. The summed E-state index contributed by atoms with van der Waals surface area (Å²) in [4.78, 5) is 13.8. The number of nitrogens with zero attached hydrogens (tertiary/aromatic N) is 5. The van der Waals surface area contributed by atoms with Crippen molar-refractivity contribution in [2.45, 2.75) is 27.7 Å². The first-order valence-electron chi connectivity index (χ1n) is 10.8. The summed E-state index contributed by atoms with van der Waals surface area (Å²) < 4.78 is 1.90. The second-order valence-electron chi connectivity index (χ2n) is 8.16. The van der Waals surface area contributed by atoms with Crippen molar-refractivity contribution >= 4 is 34.2 Å². The van der Waals surface area contributed by atoms with E-state index in [1.165, 1.54) is 0 Å². The summed E-state index contributed by atoms with van der Waals surface area (Å²) in [5.41, 5.74) is 7.66. The lowest BCUT2D eigenvalue weighted by Crippen LogP contribution is -2.01. The molecule has 0 radical (unpaired) electrons. The van der Waals surface area contributed by atoms with Gasteiger partial charge in [-0.1, -0.05) is 18.2 Å². The lowest BCUT2D eigenvalue weighted by molar-refractivity contribution is 0.878. The van der Waals surface area contributed by atoms with E-state index in [1.807, 2.05) is 86.1 Å². The minimum absolute atomic E-state index is 0.598. The van der Waals surface area contributed by atoms with Gasteiger partial charge in [-0.15, -0.1) is 0 Å². The monoisotopic (exact) mass is 435 g/mol. The van der Waals surface area contributed by atoms with E-state index in [1.54, 1.807) is 0 Å².